The molecule has 5 rings (SSSR count). The minimum atomic E-state index is -0.561. The van der Waals surface area contributed by atoms with Crippen molar-refractivity contribution in [3.8, 4) is 11.5 Å². The number of fused-ring (bicyclic) bond motifs is 1. The fraction of sp³-hybridized carbons (Fsp3) is 0.250. The van der Waals surface area contributed by atoms with Gasteiger partial charge in [0.05, 0.1) is 26.2 Å². The molecule has 0 radical (unpaired) electrons. The average molecular weight is 486 g/mol. The molecule has 3 aromatic carbocycles. The van der Waals surface area contributed by atoms with Crippen molar-refractivity contribution in [3.63, 3.8) is 0 Å². The number of nitrogens with zero attached hydrogens (tertiary/aromatic N) is 2. The maximum Gasteiger partial charge on any atom is 0.229 e. The van der Waals surface area contributed by atoms with Crippen LogP contribution in [0, 0.1) is 12.8 Å². The van der Waals surface area contributed by atoms with Gasteiger partial charge in [0, 0.05) is 30.3 Å². The van der Waals surface area contributed by atoms with Gasteiger partial charge in [-0.2, -0.15) is 0 Å². The molecule has 1 aliphatic heterocycles. The third-order valence-corrected chi connectivity index (χ3v) is 6.50. The van der Waals surface area contributed by atoms with Gasteiger partial charge in [0.2, 0.25) is 11.8 Å². The Morgan fingerprint density at radius 1 is 1.06 bits per heavy atom. The van der Waals surface area contributed by atoms with E-state index in [-0.39, 0.29) is 18.2 Å². The van der Waals surface area contributed by atoms with Gasteiger partial charge in [-0.15, -0.1) is 0 Å². The van der Waals surface area contributed by atoms with Crippen LogP contribution in [0.4, 0.5) is 11.4 Å². The first kappa shape index (κ1) is 23.4. The second kappa shape index (κ2) is 9.73. The zero-order valence-corrected chi connectivity index (χ0v) is 20.4. The van der Waals surface area contributed by atoms with Gasteiger partial charge in [-0.3, -0.25) is 9.59 Å². The molecular weight excluding hydrogens is 458 g/mol. The minimum Gasteiger partial charge on any atom is -0.497 e. The lowest BCUT2D eigenvalue weighted by Crippen LogP contribution is -2.47. The first-order valence-corrected chi connectivity index (χ1v) is 11.8. The second-order valence-electron chi connectivity index (χ2n) is 8.70. The van der Waals surface area contributed by atoms with Gasteiger partial charge in [-0.05, 0) is 55.0 Å². The third-order valence-electron chi connectivity index (χ3n) is 6.50. The van der Waals surface area contributed by atoms with E-state index in [1.54, 1.807) is 56.4 Å². The Morgan fingerprint density at radius 2 is 1.83 bits per heavy atom. The van der Waals surface area contributed by atoms with Crippen molar-refractivity contribution in [1.29, 1.82) is 0 Å². The van der Waals surface area contributed by atoms with Gasteiger partial charge >= 0.3 is 0 Å². The molecule has 0 bridgehead atoms. The van der Waals surface area contributed by atoms with Gasteiger partial charge < -0.3 is 24.1 Å². The van der Waals surface area contributed by atoms with Crippen LogP contribution in [0.3, 0.4) is 0 Å². The summed E-state index contributed by atoms with van der Waals surface area (Å²) in [5, 5.41) is 3.04. The van der Waals surface area contributed by atoms with Crippen LogP contribution in [-0.4, -0.2) is 31.0 Å². The van der Waals surface area contributed by atoms with Crippen LogP contribution in [-0.2, 0) is 9.59 Å². The zero-order chi connectivity index (χ0) is 25.2. The fourth-order valence-corrected chi connectivity index (χ4v) is 4.84. The molecular formula is C28H27N3O5. The molecule has 1 N–H and O–H groups in total. The van der Waals surface area contributed by atoms with E-state index in [4.69, 9.17) is 13.9 Å². The van der Waals surface area contributed by atoms with Crippen molar-refractivity contribution in [2.24, 2.45) is 5.92 Å². The van der Waals surface area contributed by atoms with E-state index in [9.17, 15) is 9.59 Å². The lowest BCUT2D eigenvalue weighted by molar-refractivity contribution is -0.125. The van der Waals surface area contributed by atoms with Crippen molar-refractivity contribution >= 4 is 34.3 Å². The van der Waals surface area contributed by atoms with Crippen LogP contribution in [0.1, 0.15) is 30.3 Å². The highest BCUT2D eigenvalue weighted by atomic mass is 16.5. The maximum atomic E-state index is 13.7. The number of aromatic nitrogens is 1. The molecule has 1 fully saturated rings. The average Bonchev–Trinajstić information content (AvgIpc) is 3.27. The Morgan fingerprint density at radius 3 is 2.58 bits per heavy atom. The number of oxazole rings is 1. The number of anilines is 2. The molecule has 0 saturated carbocycles. The quantitative estimate of drug-likeness (QED) is 0.400. The molecule has 4 aromatic rings. The largest absolute Gasteiger partial charge is 0.497 e. The molecule has 1 saturated heterocycles. The Kier molecular flexibility index (Phi) is 6.33. The summed E-state index contributed by atoms with van der Waals surface area (Å²) in [5.41, 5.74) is 3.41. The number of hydrogen-bond donors (Lipinski definition) is 1. The van der Waals surface area contributed by atoms with E-state index in [1.165, 1.54) is 0 Å². The number of carbonyl (C=O) groups is 2. The molecule has 2 atom stereocenters. The smallest absolute Gasteiger partial charge is 0.229 e. The monoisotopic (exact) mass is 485 g/mol. The van der Waals surface area contributed by atoms with E-state index in [0.29, 0.717) is 46.3 Å². The summed E-state index contributed by atoms with van der Waals surface area (Å²) < 4.78 is 16.5. The molecule has 8 heteroatoms. The van der Waals surface area contributed by atoms with Gasteiger partial charge in [0.25, 0.3) is 0 Å². The van der Waals surface area contributed by atoms with Crippen LogP contribution in [0.2, 0.25) is 0 Å². The summed E-state index contributed by atoms with van der Waals surface area (Å²) in [7, 11) is 3.18. The van der Waals surface area contributed by atoms with Crippen molar-refractivity contribution in [1.82, 2.24) is 4.98 Å². The molecule has 2 heterocycles. The summed E-state index contributed by atoms with van der Waals surface area (Å²) in [6.07, 6.45) is 0.655. The molecule has 36 heavy (non-hydrogen) atoms. The zero-order valence-electron chi connectivity index (χ0n) is 20.4. The van der Waals surface area contributed by atoms with E-state index in [1.807, 2.05) is 36.4 Å². The SMILES string of the molecule is COc1ccc(N2C(=O)CCC(C(=O)Nc3ccc4oc(C)nc4c3)C2c2ccccc2OC)cc1. The molecule has 0 aliphatic carbocycles. The highest BCUT2D eigenvalue weighted by molar-refractivity contribution is 6.01. The number of methoxy groups -OCH3 is 2. The fourth-order valence-electron chi connectivity index (χ4n) is 4.84. The van der Waals surface area contributed by atoms with Crippen LogP contribution in [0.15, 0.2) is 71.1 Å². The van der Waals surface area contributed by atoms with Crippen LogP contribution >= 0.6 is 0 Å². The molecule has 1 aliphatic rings. The highest BCUT2D eigenvalue weighted by Crippen LogP contribution is 2.43. The minimum absolute atomic E-state index is 0.0559. The van der Waals surface area contributed by atoms with Crippen molar-refractivity contribution in [2.45, 2.75) is 25.8 Å². The van der Waals surface area contributed by atoms with Crippen molar-refractivity contribution in [2.75, 3.05) is 24.4 Å². The van der Waals surface area contributed by atoms with Gasteiger partial charge in [0.1, 0.15) is 17.0 Å². The number of benzene rings is 3. The molecule has 2 unspecified atom stereocenters. The molecule has 0 spiro atoms. The van der Waals surface area contributed by atoms with E-state index in [0.717, 1.165) is 5.56 Å². The number of hydrogen-bond acceptors (Lipinski definition) is 6. The van der Waals surface area contributed by atoms with Crippen molar-refractivity contribution < 1.29 is 23.5 Å². The van der Waals surface area contributed by atoms with Gasteiger partial charge in [0.15, 0.2) is 11.5 Å². The lowest BCUT2D eigenvalue weighted by Gasteiger charge is -2.41. The second-order valence-corrected chi connectivity index (χ2v) is 8.70. The van der Waals surface area contributed by atoms with Crippen molar-refractivity contribution in [3.05, 3.63) is 78.2 Å². The van der Waals surface area contributed by atoms with Crippen LogP contribution in [0.25, 0.3) is 11.1 Å². The van der Waals surface area contributed by atoms with E-state index < -0.39 is 12.0 Å². The third kappa shape index (κ3) is 4.37. The number of para-hydroxylation sites is 1. The van der Waals surface area contributed by atoms with Crippen LogP contribution in [0.5, 0.6) is 11.5 Å². The Labute approximate surface area is 208 Å². The number of ether oxygens (including phenoxy) is 2. The Balaban J connectivity index is 1.54. The first-order chi connectivity index (χ1) is 17.5. The Bertz CT molecular complexity index is 1410. The Hall–Kier alpha value is -4.33. The first-order valence-electron chi connectivity index (χ1n) is 11.8. The number of rotatable bonds is 6. The number of amides is 2. The van der Waals surface area contributed by atoms with Gasteiger partial charge in [-0.1, -0.05) is 18.2 Å². The summed E-state index contributed by atoms with van der Waals surface area (Å²) in [5.74, 6) is 1.11. The van der Waals surface area contributed by atoms with E-state index >= 15 is 0 Å². The van der Waals surface area contributed by atoms with E-state index in [2.05, 4.69) is 10.3 Å². The standard InChI is InChI=1S/C28H27N3O5/c1-17-29-23-16-18(8-14-25(23)36-17)30-28(33)22-13-15-26(32)31(19-9-11-20(34-2)12-10-19)27(22)21-6-4-5-7-24(21)35-3/h4-12,14,16,22,27H,13,15H2,1-3H3,(H,30,33). The summed E-state index contributed by atoms with van der Waals surface area (Å²) in [4.78, 5) is 33.1. The predicted octanol–water partition coefficient (Wildman–Crippen LogP) is 5.28. The normalized spacial score (nSPS) is 17.8. The lowest BCUT2D eigenvalue weighted by atomic mass is 9.82. The molecule has 8 nitrogen and oxygen atoms in total. The maximum absolute atomic E-state index is 13.7. The van der Waals surface area contributed by atoms with Gasteiger partial charge in [-0.25, -0.2) is 4.98 Å². The summed E-state index contributed by atoms with van der Waals surface area (Å²) >= 11 is 0. The predicted molar refractivity (Wildman–Crippen MR) is 136 cm³/mol. The molecule has 1 aromatic heterocycles. The summed E-state index contributed by atoms with van der Waals surface area (Å²) in [6.45, 7) is 1.78. The number of aryl methyl sites for hydroxylation is 1. The molecule has 2 amide bonds. The number of nitrogens with one attached hydrogen (secondary N) is 1. The highest BCUT2D eigenvalue weighted by Gasteiger charge is 2.42. The number of carbonyl (C=O) groups excluding carboxylic acids is 2. The number of piperidine rings is 1. The van der Waals surface area contributed by atoms with Crippen LogP contribution < -0.4 is 19.7 Å². The summed E-state index contributed by atoms with van der Waals surface area (Å²) in [6, 6.07) is 19.6. The topological polar surface area (TPSA) is 93.9 Å². The molecule has 184 valence electrons.